The van der Waals surface area contributed by atoms with E-state index in [0.29, 0.717) is 0 Å². The third kappa shape index (κ3) is 2.73. The molecule has 0 fully saturated rings. The first-order valence-corrected chi connectivity index (χ1v) is 9.98. The monoisotopic (exact) mass is 441 g/mol. The maximum absolute atomic E-state index is 13.3. The summed E-state index contributed by atoms with van der Waals surface area (Å²) < 4.78 is 5.42. The van der Waals surface area contributed by atoms with E-state index >= 15 is 0 Å². The summed E-state index contributed by atoms with van der Waals surface area (Å²) in [5.74, 6) is -3.40. The summed E-state index contributed by atoms with van der Waals surface area (Å²) in [7, 11) is 0. The fourth-order valence-electron chi connectivity index (χ4n) is 4.55. The van der Waals surface area contributed by atoms with E-state index in [-0.39, 0.29) is 33.4 Å². The Morgan fingerprint density at radius 1 is 1.19 bits per heavy atom. The highest BCUT2D eigenvalue weighted by atomic mass is 16.6. The lowest BCUT2D eigenvalue weighted by Crippen LogP contribution is -2.61. The first-order valence-electron chi connectivity index (χ1n) is 9.98. The number of esters is 1. The van der Waals surface area contributed by atoms with Gasteiger partial charge in [0.1, 0.15) is 23.6 Å². The molecule has 0 saturated carbocycles. The van der Waals surface area contributed by atoms with E-state index in [2.05, 4.69) is 5.11 Å². The second-order valence-electron chi connectivity index (χ2n) is 8.62. The number of nitrogens with zero attached hydrogens (tertiary/aromatic N) is 2. The van der Waals surface area contributed by atoms with Crippen LogP contribution in [0.2, 0.25) is 0 Å². The number of fused-ring (bicyclic) bond motifs is 2. The highest BCUT2D eigenvalue weighted by molar-refractivity contribution is 6.31. The number of aliphatic hydroxyl groups is 3. The van der Waals surface area contributed by atoms with Crippen LogP contribution >= 0.6 is 0 Å². The molecule has 4 rings (SSSR count). The van der Waals surface area contributed by atoms with Crippen LogP contribution in [-0.2, 0) is 9.53 Å². The SMILES string of the molecule is CC(C)C(=O)O[C@@H]1C2=C(C3=C(C(=O)c4c(O)cccc4C3=O)C2N=[N-])[C@H](O)[C@@H](O)[C@]1(C)O. The molecule has 0 aliphatic heterocycles. The van der Waals surface area contributed by atoms with Gasteiger partial charge in [0.05, 0.1) is 17.5 Å². The summed E-state index contributed by atoms with van der Waals surface area (Å²) in [4.78, 5) is 39.0. The average molecular weight is 441 g/mol. The molecule has 10 heteroatoms. The number of ether oxygens (including phenoxy) is 1. The van der Waals surface area contributed by atoms with Gasteiger partial charge in [0.25, 0.3) is 0 Å². The standard InChI is InChI=1S/C22H21N2O8/c1-7(2)21(30)32-20-14-12(18(28)19(29)22(20,3)31)11-13(15(14)24-23)17(27)10-8(16(11)26)5-4-6-9(10)25/h4-7,15,18-20,25,28-29,31H,1-3H3/q-1/t15?,18-,19+,20+,22-/m0/s1. The predicted molar refractivity (Wildman–Crippen MR) is 108 cm³/mol. The lowest BCUT2D eigenvalue weighted by Gasteiger charge is -2.45. The van der Waals surface area contributed by atoms with E-state index in [1.54, 1.807) is 13.8 Å². The van der Waals surface area contributed by atoms with E-state index in [4.69, 9.17) is 4.74 Å². The average Bonchev–Trinajstić information content (AvgIpc) is 3.08. The van der Waals surface area contributed by atoms with Crippen molar-refractivity contribution < 1.29 is 39.5 Å². The van der Waals surface area contributed by atoms with Crippen molar-refractivity contribution in [3.63, 3.8) is 0 Å². The van der Waals surface area contributed by atoms with Gasteiger partial charge in [-0.15, -0.1) is 0 Å². The molecule has 5 atom stereocenters. The van der Waals surface area contributed by atoms with E-state index in [1.807, 2.05) is 0 Å². The Labute approximate surface area is 182 Å². The van der Waals surface area contributed by atoms with Gasteiger partial charge in [-0.2, -0.15) is 0 Å². The lowest BCUT2D eigenvalue weighted by molar-refractivity contribution is -0.189. The van der Waals surface area contributed by atoms with Crippen molar-refractivity contribution in [1.29, 1.82) is 0 Å². The quantitative estimate of drug-likeness (QED) is 0.394. The van der Waals surface area contributed by atoms with Crippen LogP contribution in [0.25, 0.3) is 5.53 Å². The zero-order valence-corrected chi connectivity index (χ0v) is 17.4. The summed E-state index contributed by atoms with van der Waals surface area (Å²) in [5, 5.41) is 45.8. The second kappa shape index (κ2) is 7.16. The number of hydrogen-bond acceptors (Lipinski definition) is 9. The smallest absolute Gasteiger partial charge is 0.309 e. The molecular weight excluding hydrogens is 420 g/mol. The number of aliphatic hydroxyl groups excluding tert-OH is 2. The van der Waals surface area contributed by atoms with E-state index < -0.39 is 59.2 Å². The van der Waals surface area contributed by atoms with Crippen molar-refractivity contribution in [2.24, 2.45) is 11.0 Å². The van der Waals surface area contributed by atoms with Crippen molar-refractivity contribution >= 4 is 17.5 Å². The van der Waals surface area contributed by atoms with Gasteiger partial charge in [0.15, 0.2) is 17.7 Å². The van der Waals surface area contributed by atoms with Gasteiger partial charge in [-0.1, -0.05) is 26.0 Å². The number of phenols is 1. The van der Waals surface area contributed by atoms with Gasteiger partial charge in [-0.05, 0) is 13.0 Å². The predicted octanol–water partition coefficient (Wildman–Crippen LogP) is 0.822. The number of aromatic hydroxyl groups is 1. The van der Waals surface area contributed by atoms with E-state index in [0.717, 1.165) is 6.92 Å². The zero-order valence-electron chi connectivity index (χ0n) is 17.4. The molecule has 3 aliphatic carbocycles. The largest absolute Gasteiger partial charge is 0.711 e. The second-order valence-corrected chi connectivity index (χ2v) is 8.62. The maximum Gasteiger partial charge on any atom is 0.309 e. The van der Waals surface area contributed by atoms with Gasteiger partial charge in [0.2, 0.25) is 0 Å². The van der Waals surface area contributed by atoms with Crippen LogP contribution in [0.4, 0.5) is 0 Å². The maximum atomic E-state index is 13.3. The minimum atomic E-state index is -2.23. The summed E-state index contributed by atoms with van der Waals surface area (Å²) in [6.45, 7) is 4.20. The molecule has 0 spiro atoms. The molecule has 0 aromatic heterocycles. The number of carbonyl (C=O) groups excluding carboxylic acids is 3. The number of rotatable bonds is 3. The van der Waals surface area contributed by atoms with Gasteiger partial charge >= 0.3 is 5.97 Å². The Bertz CT molecular complexity index is 1150. The number of carbonyl (C=O) groups is 3. The Kier molecular flexibility index (Phi) is 4.92. The molecule has 168 valence electrons. The topological polar surface area (TPSA) is 176 Å². The number of hydrogen-bond donors (Lipinski definition) is 4. The highest BCUT2D eigenvalue weighted by Gasteiger charge is 2.59. The van der Waals surface area contributed by atoms with Gasteiger partial charge in [-0.25, -0.2) is 0 Å². The molecular formula is C22H21N2O8-. The fourth-order valence-corrected chi connectivity index (χ4v) is 4.55. The summed E-state index contributed by atoms with van der Waals surface area (Å²) >= 11 is 0. The summed E-state index contributed by atoms with van der Waals surface area (Å²) in [5.41, 5.74) is 6.09. The molecule has 3 aliphatic rings. The zero-order chi connectivity index (χ0) is 23.7. The summed E-state index contributed by atoms with van der Waals surface area (Å²) in [6, 6.07) is 2.34. The van der Waals surface area contributed by atoms with Crippen molar-refractivity contribution in [3.05, 3.63) is 57.1 Å². The normalized spacial score (nSPS) is 31.5. The Morgan fingerprint density at radius 2 is 1.84 bits per heavy atom. The molecule has 0 saturated heterocycles. The highest BCUT2D eigenvalue weighted by Crippen LogP contribution is 2.51. The number of Topliss-reactive ketones (excluding diaryl/α,β-unsaturated/α-hetero) is 2. The molecule has 0 bridgehead atoms. The van der Waals surface area contributed by atoms with Crippen LogP contribution in [-0.4, -0.2) is 67.9 Å². The fraction of sp³-hybridized carbons (Fsp3) is 0.409. The lowest BCUT2D eigenvalue weighted by atomic mass is 9.73. The van der Waals surface area contributed by atoms with Crippen LogP contribution in [0, 0.1) is 5.92 Å². The van der Waals surface area contributed by atoms with Crippen LogP contribution < -0.4 is 0 Å². The Morgan fingerprint density at radius 3 is 2.44 bits per heavy atom. The van der Waals surface area contributed by atoms with Gasteiger partial charge in [0, 0.05) is 27.9 Å². The molecule has 1 aromatic rings. The van der Waals surface area contributed by atoms with Crippen molar-refractivity contribution in [3.8, 4) is 5.75 Å². The third-order valence-electron chi connectivity index (χ3n) is 6.23. The minimum absolute atomic E-state index is 0.131. The van der Waals surface area contributed by atoms with Crippen LogP contribution in [0.3, 0.4) is 0 Å². The van der Waals surface area contributed by atoms with Crippen LogP contribution in [0.5, 0.6) is 5.75 Å². The number of ketones is 2. The molecule has 32 heavy (non-hydrogen) atoms. The Balaban J connectivity index is 1.97. The van der Waals surface area contributed by atoms with E-state index in [1.165, 1.54) is 18.2 Å². The molecule has 1 aromatic carbocycles. The minimum Gasteiger partial charge on any atom is -0.711 e. The first-order chi connectivity index (χ1) is 14.9. The molecule has 4 N–H and O–H groups in total. The van der Waals surface area contributed by atoms with E-state index in [9.17, 15) is 40.3 Å². The first kappa shape index (κ1) is 22.0. The summed E-state index contributed by atoms with van der Waals surface area (Å²) in [6.07, 6.45) is -5.37. The number of benzene rings is 1. The molecule has 0 heterocycles. The van der Waals surface area contributed by atoms with Crippen molar-refractivity contribution in [1.82, 2.24) is 0 Å². The molecule has 1 unspecified atom stereocenters. The van der Waals surface area contributed by atoms with Crippen LogP contribution in [0.1, 0.15) is 41.5 Å². The molecule has 10 nitrogen and oxygen atoms in total. The van der Waals surface area contributed by atoms with Crippen molar-refractivity contribution in [2.75, 3.05) is 0 Å². The number of phenolic OH excluding ortho intramolecular Hbond substituents is 1. The van der Waals surface area contributed by atoms with Crippen LogP contribution in [0.15, 0.2) is 45.6 Å². The van der Waals surface area contributed by atoms with Gasteiger partial charge < -0.3 is 35.8 Å². The van der Waals surface area contributed by atoms with Gasteiger partial charge in [-0.3, -0.25) is 14.4 Å². The third-order valence-corrected chi connectivity index (χ3v) is 6.23. The van der Waals surface area contributed by atoms with Crippen molar-refractivity contribution in [2.45, 2.75) is 50.7 Å². The molecule has 0 amide bonds. The Hall–Kier alpha value is -3.21. The molecule has 0 radical (unpaired) electrons.